The number of alkyl halides is 3. The summed E-state index contributed by atoms with van der Waals surface area (Å²) in [6.07, 6.45) is -3.27. The molecule has 0 saturated heterocycles. The van der Waals surface area contributed by atoms with Gasteiger partial charge in [-0.1, -0.05) is 28.1 Å². The van der Waals surface area contributed by atoms with E-state index in [-0.39, 0.29) is 4.99 Å². The summed E-state index contributed by atoms with van der Waals surface area (Å²) in [5.74, 6) is 0. The molecule has 2 rings (SSSR count). The molecule has 0 bridgehead atoms. The van der Waals surface area contributed by atoms with Gasteiger partial charge in [-0.15, -0.1) is 0 Å². The molecule has 0 amide bonds. The molecule has 0 spiro atoms. The highest BCUT2D eigenvalue weighted by molar-refractivity contribution is 9.10. The fourth-order valence-corrected chi connectivity index (χ4v) is 2.04. The van der Waals surface area contributed by atoms with Gasteiger partial charge in [0.25, 0.3) is 0 Å². The number of nitrogens with zero attached hydrogens (tertiary/aromatic N) is 2. The number of rotatable bonds is 2. The Hall–Kier alpha value is -1.41. The summed E-state index contributed by atoms with van der Waals surface area (Å²) >= 11 is 8.13. The number of aromatic nitrogens is 2. The summed E-state index contributed by atoms with van der Waals surface area (Å²) in [5, 5.41) is 3.49. The first-order chi connectivity index (χ1) is 8.79. The molecule has 100 valence electrons. The Morgan fingerprint density at radius 2 is 2.00 bits per heavy atom. The molecular formula is C11H7BrF3N3S. The van der Waals surface area contributed by atoms with E-state index >= 15 is 0 Å². The van der Waals surface area contributed by atoms with Crippen LogP contribution in [0.1, 0.15) is 11.3 Å². The van der Waals surface area contributed by atoms with Crippen LogP contribution in [0, 0.1) is 0 Å². The fraction of sp³-hybridized carbons (Fsp3) is 0.0909. The molecule has 0 aliphatic heterocycles. The van der Waals surface area contributed by atoms with Crippen LogP contribution in [0.15, 0.2) is 34.9 Å². The topological polar surface area (TPSA) is 43.8 Å². The van der Waals surface area contributed by atoms with E-state index in [1.165, 1.54) is 6.20 Å². The van der Waals surface area contributed by atoms with E-state index in [2.05, 4.69) is 21.0 Å². The molecule has 19 heavy (non-hydrogen) atoms. The largest absolute Gasteiger partial charge is 0.435 e. The molecule has 1 heterocycles. The Bertz CT molecular complexity index is 636. The molecule has 1 aromatic heterocycles. The van der Waals surface area contributed by atoms with Crippen molar-refractivity contribution in [2.45, 2.75) is 6.18 Å². The third-order valence-corrected chi connectivity index (χ3v) is 3.06. The van der Waals surface area contributed by atoms with Crippen LogP contribution in [0.3, 0.4) is 0 Å². The summed E-state index contributed by atoms with van der Waals surface area (Å²) in [6.45, 7) is 0. The lowest BCUT2D eigenvalue weighted by Crippen LogP contribution is -2.14. The Morgan fingerprint density at radius 1 is 1.32 bits per heavy atom. The van der Waals surface area contributed by atoms with Crippen LogP contribution in [0.25, 0.3) is 5.69 Å². The monoisotopic (exact) mass is 349 g/mol. The van der Waals surface area contributed by atoms with E-state index in [1.807, 2.05) is 0 Å². The summed E-state index contributed by atoms with van der Waals surface area (Å²) in [6, 6.07) is 5.79. The van der Waals surface area contributed by atoms with Crippen LogP contribution >= 0.6 is 28.1 Å². The molecule has 0 aliphatic rings. The molecular weight excluding hydrogens is 343 g/mol. The van der Waals surface area contributed by atoms with Crippen LogP contribution in [-0.4, -0.2) is 14.8 Å². The third-order valence-electron chi connectivity index (χ3n) is 2.35. The van der Waals surface area contributed by atoms with Gasteiger partial charge in [-0.2, -0.15) is 18.3 Å². The minimum atomic E-state index is -4.48. The molecule has 1 aromatic carbocycles. The molecule has 0 saturated carbocycles. The van der Waals surface area contributed by atoms with E-state index in [0.29, 0.717) is 11.3 Å². The Kier molecular flexibility index (Phi) is 3.64. The average molecular weight is 350 g/mol. The highest BCUT2D eigenvalue weighted by Gasteiger charge is 2.33. The molecule has 0 unspecified atom stereocenters. The Labute approximate surface area is 120 Å². The zero-order valence-corrected chi connectivity index (χ0v) is 11.7. The van der Waals surface area contributed by atoms with Gasteiger partial charge in [0.05, 0.1) is 5.69 Å². The first-order valence-electron chi connectivity index (χ1n) is 5.01. The third kappa shape index (κ3) is 2.95. The van der Waals surface area contributed by atoms with Gasteiger partial charge in [-0.25, -0.2) is 4.68 Å². The van der Waals surface area contributed by atoms with Gasteiger partial charge in [0.1, 0.15) is 4.99 Å². The molecule has 0 radical (unpaired) electrons. The maximum atomic E-state index is 12.5. The van der Waals surface area contributed by atoms with Crippen molar-refractivity contribution in [1.82, 2.24) is 9.78 Å². The molecule has 2 aromatic rings. The van der Waals surface area contributed by atoms with Gasteiger partial charge in [0.15, 0.2) is 5.69 Å². The second kappa shape index (κ2) is 4.93. The van der Waals surface area contributed by atoms with Gasteiger partial charge in [-0.3, -0.25) is 0 Å². The molecule has 8 heteroatoms. The Morgan fingerprint density at radius 3 is 2.53 bits per heavy atom. The van der Waals surface area contributed by atoms with Crippen LogP contribution in [-0.2, 0) is 6.18 Å². The van der Waals surface area contributed by atoms with Gasteiger partial charge < -0.3 is 5.73 Å². The van der Waals surface area contributed by atoms with Gasteiger partial charge >= 0.3 is 6.18 Å². The van der Waals surface area contributed by atoms with Crippen molar-refractivity contribution in [3.05, 3.63) is 46.2 Å². The molecule has 2 N–H and O–H groups in total. The van der Waals surface area contributed by atoms with E-state index in [4.69, 9.17) is 18.0 Å². The maximum absolute atomic E-state index is 12.5. The fourth-order valence-electron chi connectivity index (χ4n) is 1.51. The summed E-state index contributed by atoms with van der Waals surface area (Å²) in [5.41, 5.74) is 5.43. The van der Waals surface area contributed by atoms with E-state index in [1.54, 1.807) is 18.2 Å². The smallest absolute Gasteiger partial charge is 0.389 e. The first-order valence-corrected chi connectivity index (χ1v) is 6.22. The minimum absolute atomic E-state index is 0.0837. The van der Waals surface area contributed by atoms with E-state index < -0.39 is 11.9 Å². The van der Waals surface area contributed by atoms with Gasteiger partial charge in [0, 0.05) is 16.2 Å². The first kappa shape index (κ1) is 14.0. The molecule has 0 fully saturated rings. The quantitative estimate of drug-likeness (QED) is 0.846. The van der Waals surface area contributed by atoms with Crippen molar-refractivity contribution in [2.24, 2.45) is 5.73 Å². The number of halogens is 4. The van der Waals surface area contributed by atoms with E-state index in [0.717, 1.165) is 15.2 Å². The van der Waals surface area contributed by atoms with Crippen molar-refractivity contribution in [1.29, 1.82) is 0 Å². The van der Waals surface area contributed by atoms with Crippen molar-refractivity contribution in [3.63, 3.8) is 0 Å². The summed E-state index contributed by atoms with van der Waals surface area (Å²) < 4.78 is 39.3. The van der Waals surface area contributed by atoms with Crippen molar-refractivity contribution in [3.8, 4) is 5.69 Å². The summed E-state index contributed by atoms with van der Waals surface area (Å²) in [4.78, 5) is 0.0837. The van der Waals surface area contributed by atoms with Crippen LogP contribution in [0.4, 0.5) is 13.2 Å². The van der Waals surface area contributed by atoms with Crippen molar-refractivity contribution in [2.75, 3.05) is 0 Å². The maximum Gasteiger partial charge on any atom is 0.435 e. The zero-order valence-electron chi connectivity index (χ0n) is 9.28. The molecule has 0 atom stereocenters. The van der Waals surface area contributed by atoms with E-state index in [9.17, 15) is 13.2 Å². The lowest BCUT2D eigenvalue weighted by Gasteiger charge is -2.09. The molecule has 0 aliphatic carbocycles. The van der Waals surface area contributed by atoms with Crippen LogP contribution < -0.4 is 5.73 Å². The summed E-state index contributed by atoms with van der Waals surface area (Å²) in [7, 11) is 0. The highest BCUT2D eigenvalue weighted by Crippen LogP contribution is 2.28. The van der Waals surface area contributed by atoms with Crippen molar-refractivity contribution >= 4 is 33.1 Å². The second-order valence-electron chi connectivity index (χ2n) is 3.67. The SMILES string of the molecule is NC(=S)c1cc(Br)ccc1-n1ccc(C(F)(F)F)n1. The number of hydrogen-bond acceptors (Lipinski definition) is 2. The number of thiocarbonyl (C=S) groups is 1. The minimum Gasteiger partial charge on any atom is -0.389 e. The van der Waals surface area contributed by atoms with Crippen LogP contribution in [0.5, 0.6) is 0 Å². The zero-order chi connectivity index (χ0) is 14.2. The predicted molar refractivity (Wildman–Crippen MR) is 72.2 cm³/mol. The number of benzene rings is 1. The average Bonchev–Trinajstić information content (AvgIpc) is 2.77. The highest BCUT2D eigenvalue weighted by atomic mass is 79.9. The van der Waals surface area contributed by atoms with Gasteiger partial charge in [0.2, 0.25) is 0 Å². The lowest BCUT2D eigenvalue weighted by atomic mass is 10.2. The normalized spacial score (nSPS) is 11.6. The van der Waals surface area contributed by atoms with Crippen molar-refractivity contribution < 1.29 is 13.2 Å². The number of nitrogens with two attached hydrogens (primary N) is 1. The predicted octanol–water partition coefficient (Wildman–Crippen LogP) is 3.29. The van der Waals surface area contributed by atoms with Gasteiger partial charge in [-0.05, 0) is 24.3 Å². The standard InChI is InChI=1S/C11H7BrF3N3S/c12-6-1-2-8(7(5-6)10(16)19)18-4-3-9(17-18)11(13,14)15/h1-5H,(H2,16,19). The molecule has 3 nitrogen and oxygen atoms in total. The second-order valence-corrected chi connectivity index (χ2v) is 5.02. The lowest BCUT2D eigenvalue weighted by molar-refractivity contribution is -0.141. The Balaban J connectivity index is 2.53. The van der Waals surface area contributed by atoms with Crippen LogP contribution in [0.2, 0.25) is 0 Å². The number of hydrogen-bond donors (Lipinski definition) is 1.